The summed E-state index contributed by atoms with van der Waals surface area (Å²) in [7, 11) is -2.25. The predicted molar refractivity (Wildman–Crippen MR) is 58.5 cm³/mol. The summed E-state index contributed by atoms with van der Waals surface area (Å²) < 4.78 is 28.0. The molecule has 0 bridgehead atoms. The molecule has 4 nitrogen and oxygen atoms in total. The van der Waals surface area contributed by atoms with Gasteiger partial charge < -0.3 is 4.18 Å². The second-order valence-corrected chi connectivity index (χ2v) is 4.64. The maximum absolute atomic E-state index is 11.6. The topological polar surface area (TPSA) is 55.7 Å². The number of hydrogen-bond acceptors (Lipinski definition) is 4. The fourth-order valence-electron chi connectivity index (χ4n) is 0.949. The van der Waals surface area contributed by atoms with Gasteiger partial charge in [0.1, 0.15) is 4.90 Å². The lowest BCUT2D eigenvalue weighted by Gasteiger charge is -2.05. The number of rotatable bonds is 2. The maximum atomic E-state index is 11.6. The van der Waals surface area contributed by atoms with Crippen LogP contribution in [0.2, 0.25) is 0 Å². The summed E-state index contributed by atoms with van der Waals surface area (Å²) in [5.74, 6) is 0.121. The van der Waals surface area contributed by atoms with Crippen LogP contribution in [-0.4, -0.2) is 21.4 Å². The summed E-state index contributed by atoms with van der Waals surface area (Å²) in [6.45, 7) is 3.38. The molecule has 0 radical (unpaired) electrons. The van der Waals surface area contributed by atoms with E-state index in [1.807, 2.05) is 6.92 Å². The molecule has 0 atom stereocenters. The van der Waals surface area contributed by atoms with Crippen molar-refractivity contribution in [2.45, 2.75) is 18.7 Å². The van der Waals surface area contributed by atoms with Crippen molar-refractivity contribution in [1.29, 1.82) is 0 Å². The van der Waals surface area contributed by atoms with Gasteiger partial charge in [-0.1, -0.05) is 17.7 Å². The first-order valence-electron chi connectivity index (χ1n) is 4.40. The standard InChI is InChI=1S/C10H13NO3S/c1-8-4-6-10(7-5-8)15(12,13)14-9(2)11-3/h4-7H,1-3H3. The van der Waals surface area contributed by atoms with E-state index < -0.39 is 10.1 Å². The molecule has 15 heavy (non-hydrogen) atoms. The quantitative estimate of drug-likeness (QED) is 0.439. The minimum Gasteiger partial charge on any atom is -0.364 e. The van der Waals surface area contributed by atoms with Crippen LogP contribution in [0.4, 0.5) is 0 Å². The van der Waals surface area contributed by atoms with Gasteiger partial charge in [0.25, 0.3) is 0 Å². The van der Waals surface area contributed by atoms with Crippen LogP contribution < -0.4 is 0 Å². The lowest BCUT2D eigenvalue weighted by atomic mass is 10.2. The molecule has 0 saturated carbocycles. The summed E-state index contributed by atoms with van der Waals surface area (Å²) in [6, 6.07) is 6.45. The van der Waals surface area contributed by atoms with Gasteiger partial charge in [-0.15, -0.1) is 0 Å². The zero-order chi connectivity index (χ0) is 11.5. The smallest absolute Gasteiger partial charge is 0.340 e. The molecule has 0 aliphatic heterocycles. The Morgan fingerprint density at radius 1 is 1.27 bits per heavy atom. The molecule has 1 rings (SSSR count). The summed E-state index contributed by atoms with van der Waals surface area (Å²) in [6.07, 6.45) is 0. The zero-order valence-corrected chi connectivity index (χ0v) is 9.71. The fourth-order valence-corrected chi connectivity index (χ4v) is 1.91. The first kappa shape index (κ1) is 11.7. The van der Waals surface area contributed by atoms with Crippen molar-refractivity contribution in [3.63, 3.8) is 0 Å². The second-order valence-electron chi connectivity index (χ2n) is 3.09. The third-order valence-corrected chi connectivity index (χ3v) is 3.16. The third kappa shape index (κ3) is 3.06. The molecule has 0 aliphatic rings. The highest BCUT2D eigenvalue weighted by molar-refractivity contribution is 7.87. The van der Waals surface area contributed by atoms with Crippen molar-refractivity contribution in [3.05, 3.63) is 29.8 Å². The molecular weight excluding hydrogens is 214 g/mol. The number of nitrogens with zero attached hydrogens (tertiary/aromatic N) is 1. The van der Waals surface area contributed by atoms with Crippen LogP contribution in [0.1, 0.15) is 12.5 Å². The fraction of sp³-hybridized carbons (Fsp3) is 0.300. The summed E-state index contributed by atoms with van der Waals surface area (Å²) in [5.41, 5.74) is 0.995. The lowest BCUT2D eigenvalue weighted by molar-refractivity contribution is 0.479. The Kier molecular flexibility index (Phi) is 3.47. The van der Waals surface area contributed by atoms with Gasteiger partial charge in [-0.2, -0.15) is 8.42 Å². The largest absolute Gasteiger partial charge is 0.364 e. The van der Waals surface area contributed by atoms with Gasteiger partial charge in [-0.05, 0) is 19.1 Å². The number of aliphatic imine (C=N–C) groups is 1. The number of aryl methyl sites for hydroxylation is 1. The summed E-state index contributed by atoms with van der Waals surface area (Å²) >= 11 is 0. The summed E-state index contributed by atoms with van der Waals surface area (Å²) in [5, 5.41) is 0. The number of hydrogen-bond donors (Lipinski definition) is 0. The monoisotopic (exact) mass is 227 g/mol. The van der Waals surface area contributed by atoms with Gasteiger partial charge >= 0.3 is 10.1 Å². The zero-order valence-electron chi connectivity index (χ0n) is 8.89. The van der Waals surface area contributed by atoms with Gasteiger partial charge in [0, 0.05) is 14.0 Å². The molecule has 0 heterocycles. The van der Waals surface area contributed by atoms with Crippen LogP contribution in [-0.2, 0) is 14.3 Å². The molecule has 1 aromatic rings. The Labute approximate surface area is 89.7 Å². The molecule has 0 spiro atoms. The summed E-state index contributed by atoms with van der Waals surface area (Å²) in [4.78, 5) is 3.77. The van der Waals surface area contributed by atoms with Crippen molar-refractivity contribution in [2.75, 3.05) is 7.05 Å². The molecule has 0 N–H and O–H groups in total. The van der Waals surface area contributed by atoms with Crippen LogP contribution in [0.3, 0.4) is 0 Å². The van der Waals surface area contributed by atoms with Crippen molar-refractivity contribution < 1.29 is 12.6 Å². The van der Waals surface area contributed by atoms with Crippen molar-refractivity contribution in [2.24, 2.45) is 4.99 Å². The molecule has 0 unspecified atom stereocenters. The van der Waals surface area contributed by atoms with E-state index in [0.29, 0.717) is 0 Å². The highest BCUT2D eigenvalue weighted by atomic mass is 32.2. The Hall–Kier alpha value is -1.36. The van der Waals surface area contributed by atoms with Crippen molar-refractivity contribution >= 4 is 16.0 Å². The Morgan fingerprint density at radius 2 is 1.80 bits per heavy atom. The average Bonchev–Trinajstić information content (AvgIpc) is 2.17. The SMILES string of the molecule is CN=C(C)OS(=O)(=O)c1ccc(C)cc1. The molecule has 0 amide bonds. The Balaban J connectivity index is 3.02. The third-order valence-electron chi connectivity index (χ3n) is 1.85. The molecule has 1 aromatic carbocycles. The normalized spacial score (nSPS) is 12.6. The predicted octanol–water partition coefficient (Wildman–Crippen LogP) is 1.75. The van der Waals surface area contributed by atoms with E-state index in [1.54, 1.807) is 12.1 Å². The van der Waals surface area contributed by atoms with E-state index in [9.17, 15) is 8.42 Å². The van der Waals surface area contributed by atoms with Crippen molar-refractivity contribution in [1.82, 2.24) is 0 Å². The number of benzene rings is 1. The molecule has 0 fully saturated rings. The van der Waals surface area contributed by atoms with Gasteiger partial charge in [-0.25, -0.2) is 0 Å². The van der Waals surface area contributed by atoms with Crippen LogP contribution in [0.25, 0.3) is 0 Å². The molecule has 0 aliphatic carbocycles. The van der Waals surface area contributed by atoms with Crippen LogP contribution in [0.15, 0.2) is 34.2 Å². The molecular formula is C10H13NO3S. The van der Waals surface area contributed by atoms with E-state index in [4.69, 9.17) is 4.18 Å². The van der Waals surface area contributed by atoms with E-state index in [0.717, 1.165) is 5.56 Å². The Morgan fingerprint density at radius 3 is 2.27 bits per heavy atom. The van der Waals surface area contributed by atoms with Gasteiger partial charge in [0.05, 0.1) is 0 Å². The Bertz CT molecular complexity index is 460. The van der Waals surface area contributed by atoms with E-state index in [-0.39, 0.29) is 10.8 Å². The minimum absolute atomic E-state index is 0.121. The van der Waals surface area contributed by atoms with Crippen LogP contribution in [0, 0.1) is 6.92 Å². The van der Waals surface area contributed by atoms with E-state index >= 15 is 0 Å². The molecule has 0 aromatic heterocycles. The lowest BCUT2D eigenvalue weighted by Crippen LogP contribution is -2.10. The molecule has 5 heteroatoms. The maximum Gasteiger partial charge on any atom is 0.340 e. The van der Waals surface area contributed by atoms with Gasteiger partial charge in [0.15, 0.2) is 0 Å². The minimum atomic E-state index is -3.72. The van der Waals surface area contributed by atoms with E-state index in [1.165, 1.54) is 26.1 Å². The second kappa shape index (κ2) is 4.44. The molecule has 82 valence electrons. The first-order chi connectivity index (χ1) is 6.95. The van der Waals surface area contributed by atoms with Crippen LogP contribution in [0.5, 0.6) is 0 Å². The van der Waals surface area contributed by atoms with E-state index in [2.05, 4.69) is 4.99 Å². The van der Waals surface area contributed by atoms with Gasteiger partial charge in [-0.3, -0.25) is 4.99 Å². The highest BCUT2D eigenvalue weighted by Crippen LogP contribution is 2.13. The van der Waals surface area contributed by atoms with Crippen LogP contribution >= 0.6 is 0 Å². The van der Waals surface area contributed by atoms with Crippen molar-refractivity contribution in [3.8, 4) is 0 Å². The molecule has 0 saturated heterocycles. The highest BCUT2D eigenvalue weighted by Gasteiger charge is 2.15. The van der Waals surface area contributed by atoms with Gasteiger partial charge in [0.2, 0.25) is 5.90 Å². The first-order valence-corrected chi connectivity index (χ1v) is 5.81. The average molecular weight is 227 g/mol.